The van der Waals surface area contributed by atoms with Crippen molar-refractivity contribution in [2.45, 2.75) is 11.2 Å². The van der Waals surface area contributed by atoms with E-state index in [1.165, 1.54) is 11.8 Å². The minimum Gasteiger partial charge on any atom is -0.308 e. The van der Waals surface area contributed by atoms with Crippen molar-refractivity contribution < 1.29 is 18.0 Å². The molecule has 0 aliphatic carbocycles. The van der Waals surface area contributed by atoms with Crippen molar-refractivity contribution in [2.24, 2.45) is 0 Å². The number of thiazole rings is 1. The molecule has 0 aliphatic rings. The third kappa shape index (κ3) is 3.88. The Morgan fingerprint density at radius 2 is 1.88 bits per heavy atom. The fourth-order valence-corrected chi connectivity index (χ4v) is 3.83. The van der Waals surface area contributed by atoms with E-state index in [0.29, 0.717) is 26.9 Å². The summed E-state index contributed by atoms with van der Waals surface area (Å²) in [5, 5.41) is 3.18. The van der Waals surface area contributed by atoms with Gasteiger partial charge >= 0.3 is 12.1 Å². The Balaban J connectivity index is 2.10. The lowest BCUT2D eigenvalue weighted by Crippen LogP contribution is -2.29. The van der Waals surface area contributed by atoms with E-state index in [0.717, 1.165) is 11.3 Å². The third-order valence-electron chi connectivity index (χ3n) is 3.35. The number of alkyl halides is 3. The summed E-state index contributed by atoms with van der Waals surface area (Å²) in [5.41, 5.74) is 1.61. The van der Waals surface area contributed by atoms with Crippen LogP contribution < -0.4 is 5.32 Å². The van der Waals surface area contributed by atoms with Crippen LogP contribution in [0.1, 0.15) is 0 Å². The van der Waals surface area contributed by atoms with Crippen molar-refractivity contribution in [2.75, 3.05) is 11.6 Å². The van der Waals surface area contributed by atoms with E-state index in [1.807, 2.05) is 11.6 Å². The van der Waals surface area contributed by atoms with Crippen molar-refractivity contribution in [3.05, 3.63) is 48.7 Å². The second-order valence-electron chi connectivity index (χ2n) is 5.07. The zero-order valence-corrected chi connectivity index (χ0v) is 15.0. The monoisotopic (exact) mass is 395 g/mol. The van der Waals surface area contributed by atoms with Crippen LogP contribution in [0.15, 0.2) is 53.7 Å². The summed E-state index contributed by atoms with van der Waals surface area (Å²) >= 11 is 2.39. The molecule has 0 saturated heterocycles. The molecule has 1 amide bonds. The van der Waals surface area contributed by atoms with Gasteiger partial charge in [0.25, 0.3) is 0 Å². The van der Waals surface area contributed by atoms with Gasteiger partial charge in [-0.05, 0) is 18.4 Å². The number of anilines is 1. The third-order valence-corrected chi connectivity index (χ3v) is 5.07. The molecule has 134 valence electrons. The standard InChI is InChI=1S/C17H12F3N3OS2/c1-25-13-11(8-5-9-21-13)14-22-12(10-6-3-2-4-7-10)15(26-14)23-16(24)17(18,19)20/h2-9H,1H3,(H,23,24). The van der Waals surface area contributed by atoms with E-state index in [1.54, 1.807) is 48.7 Å². The molecule has 0 saturated carbocycles. The fraction of sp³-hybridized carbons (Fsp3) is 0.118. The highest BCUT2D eigenvalue weighted by Crippen LogP contribution is 2.40. The van der Waals surface area contributed by atoms with E-state index < -0.39 is 12.1 Å². The first-order valence-corrected chi connectivity index (χ1v) is 9.38. The number of benzene rings is 1. The first kappa shape index (κ1) is 18.4. The van der Waals surface area contributed by atoms with Gasteiger partial charge in [0.15, 0.2) is 0 Å². The lowest BCUT2D eigenvalue weighted by molar-refractivity contribution is -0.167. The second-order valence-corrected chi connectivity index (χ2v) is 6.87. The quantitative estimate of drug-likeness (QED) is 0.625. The van der Waals surface area contributed by atoms with Crippen LogP contribution in [0.2, 0.25) is 0 Å². The van der Waals surface area contributed by atoms with Crippen LogP contribution in [-0.4, -0.2) is 28.3 Å². The number of halogens is 3. The molecule has 2 heterocycles. The molecule has 9 heteroatoms. The molecule has 0 spiro atoms. The van der Waals surface area contributed by atoms with Crippen LogP contribution >= 0.6 is 23.1 Å². The van der Waals surface area contributed by atoms with Gasteiger partial charge in [0.05, 0.1) is 0 Å². The van der Waals surface area contributed by atoms with Gasteiger partial charge in [0, 0.05) is 17.3 Å². The molecule has 0 radical (unpaired) electrons. The number of rotatable bonds is 4. The molecule has 0 fully saturated rings. The number of carbonyl (C=O) groups is 1. The number of aromatic nitrogens is 2. The van der Waals surface area contributed by atoms with Crippen LogP contribution in [0.3, 0.4) is 0 Å². The highest BCUT2D eigenvalue weighted by molar-refractivity contribution is 7.98. The average Bonchev–Trinajstić information content (AvgIpc) is 3.05. The molecule has 0 bridgehead atoms. The lowest BCUT2D eigenvalue weighted by Gasteiger charge is -2.07. The van der Waals surface area contributed by atoms with Crippen LogP contribution in [0.25, 0.3) is 21.8 Å². The molecule has 3 rings (SSSR count). The van der Waals surface area contributed by atoms with E-state index >= 15 is 0 Å². The maximum Gasteiger partial charge on any atom is 0.471 e. The maximum absolute atomic E-state index is 12.7. The molecular formula is C17H12F3N3OS2. The number of hydrogen-bond acceptors (Lipinski definition) is 5. The minimum atomic E-state index is -4.98. The smallest absolute Gasteiger partial charge is 0.308 e. The first-order valence-electron chi connectivity index (χ1n) is 7.34. The summed E-state index contributed by atoms with van der Waals surface area (Å²) < 4.78 is 38.0. The highest BCUT2D eigenvalue weighted by Gasteiger charge is 2.39. The van der Waals surface area contributed by atoms with E-state index in [-0.39, 0.29) is 5.00 Å². The van der Waals surface area contributed by atoms with Crippen LogP contribution in [-0.2, 0) is 4.79 Å². The second kappa shape index (κ2) is 7.46. The van der Waals surface area contributed by atoms with Crippen molar-refractivity contribution in [1.29, 1.82) is 0 Å². The number of amides is 1. The van der Waals surface area contributed by atoms with Gasteiger partial charge in [-0.2, -0.15) is 13.2 Å². The molecule has 0 unspecified atom stereocenters. The number of nitrogens with one attached hydrogen (secondary N) is 1. The number of pyridine rings is 1. The maximum atomic E-state index is 12.7. The Kier molecular flexibility index (Phi) is 5.28. The van der Waals surface area contributed by atoms with Gasteiger partial charge in [-0.3, -0.25) is 4.79 Å². The molecule has 0 atom stereocenters. The molecule has 0 aliphatic heterocycles. The van der Waals surface area contributed by atoms with Gasteiger partial charge in [-0.1, -0.05) is 41.7 Å². The summed E-state index contributed by atoms with van der Waals surface area (Å²) in [6, 6.07) is 12.3. The van der Waals surface area contributed by atoms with Gasteiger partial charge in [0.1, 0.15) is 20.7 Å². The topological polar surface area (TPSA) is 54.9 Å². The van der Waals surface area contributed by atoms with Crippen molar-refractivity contribution in [3.8, 4) is 21.8 Å². The summed E-state index contributed by atoms with van der Waals surface area (Å²) in [6.07, 6.45) is -1.49. The highest BCUT2D eigenvalue weighted by atomic mass is 32.2. The summed E-state index contributed by atoms with van der Waals surface area (Å²) in [5.74, 6) is -2.03. The molecule has 3 aromatic rings. The molecular weight excluding hydrogens is 383 g/mol. The largest absolute Gasteiger partial charge is 0.471 e. The molecule has 1 N–H and O–H groups in total. The summed E-state index contributed by atoms with van der Waals surface area (Å²) in [4.78, 5) is 20.1. The Morgan fingerprint density at radius 3 is 2.54 bits per heavy atom. The zero-order valence-electron chi connectivity index (χ0n) is 13.4. The van der Waals surface area contributed by atoms with Gasteiger partial charge in [0.2, 0.25) is 0 Å². The Labute approximate surface area is 155 Å². The SMILES string of the molecule is CSc1ncccc1-c1nc(-c2ccccc2)c(NC(=O)C(F)(F)F)s1. The minimum absolute atomic E-state index is 0.0458. The van der Waals surface area contributed by atoms with Gasteiger partial charge in [-0.15, -0.1) is 11.8 Å². The molecule has 26 heavy (non-hydrogen) atoms. The normalized spacial score (nSPS) is 11.4. The predicted molar refractivity (Wildman–Crippen MR) is 97.2 cm³/mol. The van der Waals surface area contributed by atoms with Gasteiger partial charge in [-0.25, -0.2) is 9.97 Å². The Hall–Kier alpha value is -2.39. The summed E-state index contributed by atoms with van der Waals surface area (Å²) in [7, 11) is 0. The van der Waals surface area contributed by atoms with E-state index in [9.17, 15) is 18.0 Å². The van der Waals surface area contributed by atoms with Crippen LogP contribution in [0.4, 0.5) is 18.2 Å². The zero-order chi connectivity index (χ0) is 18.7. The average molecular weight is 395 g/mol. The van der Waals surface area contributed by atoms with E-state index in [2.05, 4.69) is 9.97 Å². The predicted octanol–water partition coefficient (Wildman–Crippen LogP) is 5.09. The van der Waals surface area contributed by atoms with Crippen molar-refractivity contribution in [3.63, 3.8) is 0 Å². The fourth-order valence-electron chi connectivity index (χ4n) is 2.20. The first-order chi connectivity index (χ1) is 12.4. The van der Waals surface area contributed by atoms with E-state index in [4.69, 9.17) is 0 Å². The Morgan fingerprint density at radius 1 is 1.15 bits per heavy atom. The van der Waals surface area contributed by atoms with Gasteiger partial charge < -0.3 is 5.32 Å². The molecule has 4 nitrogen and oxygen atoms in total. The number of nitrogens with zero attached hydrogens (tertiary/aromatic N) is 2. The Bertz CT molecular complexity index is 927. The lowest BCUT2D eigenvalue weighted by atomic mass is 10.1. The van der Waals surface area contributed by atoms with Crippen LogP contribution in [0, 0.1) is 0 Å². The number of thioether (sulfide) groups is 1. The molecule has 2 aromatic heterocycles. The molecule has 1 aromatic carbocycles. The van der Waals surface area contributed by atoms with Crippen molar-refractivity contribution in [1.82, 2.24) is 9.97 Å². The number of hydrogen-bond donors (Lipinski definition) is 1. The van der Waals surface area contributed by atoms with Crippen LogP contribution in [0.5, 0.6) is 0 Å². The summed E-state index contributed by atoms with van der Waals surface area (Å²) in [6.45, 7) is 0. The van der Waals surface area contributed by atoms with Crippen molar-refractivity contribution >= 4 is 34.0 Å². The number of carbonyl (C=O) groups excluding carboxylic acids is 1.